The summed E-state index contributed by atoms with van der Waals surface area (Å²) in [7, 11) is 0. The van der Waals surface area contributed by atoms with Crippen molar-refractivity contribution in [3.63, 3.8) is 0 Å². The monoisotopic (exact) mass is 264 g/mol. The van der Waals surface area contributed by atoms with E-state index >= 15 is 0 Å². The molecule has 0 radical (unpaired) electrons. The molecule has 0 unspecified atom stereocenters. The van der Waals surface area contributed by atoms with E-state index in [0.29, 0.717) is 0 Å². The predicted molar refractivity (Wildman–Crippen MR) is 74.9 cm³/mol. The van der Waals surface area contributed by atoms with Gasteiger partial charge < -0.3 is 10.2 Å². The molecule has 3 nitrogen and oxygen atoms in total. The van der Waals surface area contributed by atoms with Gasteiger partial charge in [0.25, 0.3) is 0 Å². The van der Waals surface area contributed by atoms with Crippen LogP contribution in [0, 0.1) is 5.82 Å². The molecule has 1 heterocycles. The zero-order valence-electron chi connectivity index (χ0n) is 11.8. The van der Waals surface area contributed by atoms with Crippen LogP contribution in [0.4, 0.5) is 14.9 Å². The van der Waals surface area contributed by atoms with Crippen molar-refractivity contribution in [3.8, 4) is 0 Å². The molecule has 4 heteroatoms. The van der Waals surface area contributed by atoms with Gasteiger partial charge >= 0.3 is 6.03 Å². The lowest BCUT2D eigenvalue weighted by molar-refractivity contribution is 0.222. The summed E-state index contributed by atoms with van der Waals surface area (Å²) in [6, 6.07) is 4.70. The average Bonchev–Trinajstić information content (AvgIpc) is 2.84. The van der Waals surface area contributed by atoms with Crippen LogP contribution in [0.15, 0.2) is 18.2 Å². The van der Waals surface area contributed by atoms with E-state index in [0.717, 1.165) is 31.5 Å². The van der Waals surface area contributed by atoms with E-state index in [2.05, 4.69) is 26.1 Å². The van der Waals surface area contributed by atoms with Crippen LogP contribution in [0.25, 0.3) is 0 Å². The number of halogens is 1. The maximum atomic E-state index is 13.8. The number of benzene rings is 1. The number of carbonyl (C=O) groups excluding carboxylic acids is 1. The van der Waals surface area contributed by atoms with Gasteiger partial charge in [0.15, 0.2) is 0 Å². The number of urea groups is 1. The highest BCUT2D eigenvalue weighted by Gasteiger charge is 2.20. The largest absolute Gasteiger partial charge is 0.325 e. The normalized spacial score (nSPS) is 15.7. The lowest BCUT2D eigenvalue weighted by atomic mass is 9.87. The Kier molecular flexibility index (Phi) is 3.78. The third-order valence-corrected chi connectivity index (χ3v) is 3.47. The van der Waals surface area contributed by atoms with Gasteiger partial charge in [0, 0.05) is 13.1 Å². The average molecular weight is 264 g/mol. The summed E-state index contributed by atoms with van der Waals surface area (Å²) < 4.78 is 13.8. The minimum atomic E-state index is -0.388. The molecule has 1 aliphatic heterocycles. The molecule has 19 heavy (non-hydrogen) atoms. The summed E-state index contributed by atoms with van der Waals surface area (Å²) in [6.45, 7) is 7.70. The highest BCUT2D eigenvalue weighted by atomic mass is 19.1. The summed E-state index contributed by atoms with van der Waals surface area (Å²) >= 11 is 0. The molecule has 0 atom stereocenters. The second-order valence-electron chi connectivity index (χ2n) is 6.07. The predicted octanol–water partition coefficient (Wildman–Crippen LogP) is 3.75. The van der Waals surface area contributed by atoms with E-state index in [-0.39, 0.29) is 23.0 Å². The van der Waals surface area contributed by atoms with E-state index in [4.69, 9.17) is 0 Å². The van der Waals surface area contributed by atoms with Crippen molar-refractivity contribution in [2.75, 3.05) is 18.4 Å². The Morgan fingerprint density at radius 1 is 1.26 bits per heavy atom. The van der Waals surface area contributed by atoms with Gasteiger partial charge in [0.1, 0.15) is 5.82 Å². The fourth-order valence-electron chi connectivity index (χ4n) is 2.20. The molecule has 0 saturated carbocycles. The van der Waals surface area contributed by atoms with Crippen LogP contribution in [0.3, 0.4) is 0 Å². The maximum Gasteiger partial charge on any atom is 0.321 e. The summed E-state index contributed by atoms with van der Waals surface area (Å²) in [6.07, 6.45) is 2.05. The van der Waals surface area contributed by atoms with Gasteiger partial charge in [-0.2, -0.15) is 0 Å². The topological polar surface area (TPSA) is 32.3 Å². The van der Waals surface area contributed by atoms with E-state index in [9.17, 15) is 9.18 Å². The summed E-state index contributed by atoms with van der Waals surface area (Å²) in [5, 5.41) is 2.68. The van der Waals surface area contributed by atoms with Crippen LogP contribution < -0.4 is 5.32 Å². The number of hydrogen-bond acceptors (Lipinski definition) is 1. The molecule has 1 aromatic rings. The molecule has 0 aliphatic carbocycles. The highest BCUT2D eigenvalue weighted by Crippen LogP contribution is 2.26. The van der Waals surface area contributed by atoms with E-state index < -0.39 is 0 Å². The summed E-state index contributed by atoms with van der Waals surface area (Å²) in [4.78, 5) is 13.7. The number of nitrogens with zero attached hydrogens (tertiary/aromatic N) is 1. The second kappa shape index (κ2) is 5.19. The Hall–Kier alpha value is -1.58. The van der Waals surface area contributed by atoms with Gasteiger partial charge in [-0.15, -0.1) is 0 Å². The Morgan fingerprint density at radius 3 is 2.47 bits per heavy atom. The van der Waals surface area contributed by atoms with E-state index in [1.807, 2.05) is 0 Å². The third-order valence-electron chi connectivity index (χ3n) is 3.47. The van der Waals surface area contributed by atoms with Crippen molar-refractivity contribution in [3.05, 3.63) is 29.6 Å². The van der Waals surface area contributed by atoms with E-state index in [1.54, 1.807) is 17.0 Å². The van der Waals surface area contributed by atoms with Gasteiger partial charge in [-0.05, 0) is 36.0 Å². The van der Waals surface area contributed by atoms with Crippen LogP contribution in [-0.2, 0) is 5.41 Å². The van der Waals surface area contributed by atoms with Crippen LogP contribution in [0.5, 0.6) is 0 Å². The number of rotatable bonds is 1. The standard InChI is InChI=1S/C15H21FN2O/c1-15(2,3)11-6-7-12(16)13(10-11)17-14(19)18-8-4-5-9-18/h6-7,10H,4-5,8-9H2,1-3H3,(H,17,19). The SMILES string of the molecule is CC(C)(C)c1ccc(F)c(NC(=O)N2CCCC2)c1. The molecule has 104 valence electrons. The van der Waals surface area contributed by atoms with Gasteiger partial charge in [0.2, 0.25) is 0 Å². The molecule has 0 aromatic heterocycles. The molecular formula is C15H21FN2O. The van der Waals surface area contributed by atoms with Gasteiger partial charge in [0.05, 0.1) is 5.69 Å². The molecule has 1 saturated heterocycles. The molecule has 0 spiro atoms. The van der Waals surface area contributed by atoms with Crippen molar-refractivity contribution < 1.29 is 9.18 Å². The van der Waals surface area contributed by atoms with Gasteiger partial charge in [-0.1, -0.05) is 26.8 Å². The lowest BCUT2D eigenvalue weighted by Crippen LogP contribution is -2.32. The van der Waals surface area contributed by atoms with Crippen molar-refractivity contribution in [2.24, 2.45) is 0 Å². The number of carbonyl (C=O) groups is 1. The first-order chi connectivity index (χ1) is 8.88. The quantitative estimate of drug-likeness (QED) is 0.823. The molecule has 0 bridgehead atoms. The summed E-state index contributed by atoms with van der Waals surface area (Å²) in [5.74, 6) is -0.388. The fraction of sp³-hybridized carbons (Fsp3) is 0.533. The van der Waals surface area contributed by atoms with E-state index in [1.165, 1.54) is 6.07 Å². The Labute approximate surface area is 113 Å². The molecule has 1 fully saturated rings. The fourth-order valence-corrected chi connectivity index (χ4v) is 2.20. The molecule has 1 N–H and O–H groups in total. The number of anilines is 1. The highest BCUT2D eigenvalue weighted by molar-refractivity contribution is 5.89. The number of hydrogen-bond donors (Lipinski definition) is 1. The van der Waals surface area contributed by atoms with Crippen LogP contribution in [-0.4, -0.2) is 24.0 Å². The minimum absolute atomic E-state index is 0.0686. The molecular weight excluding hydrogens is 243 g/mol. The number of nitrogens with one attached hydrogen (secondary N) is 1. The Balaban J connectivity index is 2.17. The first kappa shape index (κ1) is 13.8. The molecule has 1 aromatic carbocycles. The third kappa shape index (κ3) is 3.25. The smallest absolute Gasteiger partial charge is 0.321 e. The van der Waals surface area contributed by atoms with Gasteiger partial charge in [-0.3, -0.25) is 0 Å². The second-order valence-corrected chi connectivity index (χ2v) is 6.07. The zero-order valence-corrected chi connectivity index (χ0v) is 11.8. The lowest BCUT2D eigenvalue weighted by Gasteiger charge is -2.21. The first-order valence-electron chi connectivity index (χ1n) is 6.74. The molecule has 2 rings (SSSR count). The van der Waals surface area contributed by atoms with Crippen molar-refractivity contribution >= 4 is 11.7 Å². The number of likely N-dealkylation sites (tertiary alicyclic amines) is 1. The van der Waals surface area contributed by atoms with Gasteiger partial charge in [-0.25, -0.2) is 9.18 Å². The minimum Gasteiger partial charge on any atom is -0.325 e. The van der Waals surface area contributed by atoms with Crippen LogP contribution in [0.1, 0.15) is 39.2 Å². The van der Waals surface area contributed by atoms with Crippen LogP contribution in [0.2, 0.25) is 0 Å². The number of amides is 2. The summed E-state index contributed by atoms with van der Waals surface area (Å²) in [5.41, 5.74) is 1.20. The van der Waals surface area contributed by atoms with Crippen molar-refractivity contribution in [1.82, 2.24) is 4.90 Å². The zero-order chi connectivity index (χ0) is 14.0. The van der Waals surface area contributed by atoms with Crippen molar-refractivity contribution in [1.29, 1.82) is 0 Å². The molecule has 2 amide bonds. The maximum absolute atomic E-state index is 13.8. The van der Waals surface area contributed by atoms with Crippen LogP contribution >= 0.6 is 0 Å². The Morgan fingerprint density at radius 2 is 1.89 bits per heavy atom. The Bertz CT molecular complexity index is 474. The van der Waals surface area contributed by atoms with Crippen molar-refractivity contribution in [2.45, 2.75) is 39.0 Å². The molecule has 1 aliphatic rings. The first-order valence-corrected chi connectivity index (χ1v) is 6.74.